The van der Waals surface area contributed by atoms with E-state index in [9.17, 15) is 4.79 Å². The fourth-order valence-corrected chi connectivity index (χ4v) is 2.04. The summed E-state index contributed by atoms with van der Waals surface area (Å²) in [6, 6.07) is 15.6. The highest BCUT2D eigenvalue weighted by atomic mass is 16.5. The number of amides is 1. The lowest BCUT2D eigenvalue weighted by molar-refractivity contribution is 0.0991. The number of ether oxygens (including phenoxy) is 1. The molecule has 0 saturated heterocycles. The van der Waals surface area contributed by atoms with Gasteiger partial charge >= 0.3 is 11.8 Å². The molecule has 1 aromatic heterocycles. The highest BCUT2D eigenvalue weighted by Crippen LogP contribution is 2.22. The van der Waals surface area contributed by atoms with Crippen LogP contribution in [0.4, 0.5) is 5.69 Å². The Morgan fingerprint density at radius 3 is 2.83 bits per heavy atom. The van der Waals surface area contributed by atoms with Gasteiger partial charge in [-0.2, -0.15) is 5.26 Å². The highest BCUT2D eigenvalue weighted by Gasteiger charge is 2.16. The standard InChI is InChI=1S/C17H12N4O3/c1-23-14-7-3-5-12(9-14)16-20-21-17(24-16)15(22)19-13-6-2-4-11(8-13)10-18/h2-9H,1H3,(H,19,22). The van der Waals surface area contributed by atoms with Crippen LogP contribution in [0.2, 0.25) is 0 Å². The van der Waals surface area contributed by atoms with Crippen LogP contribution in [0.1, 0.15) is 16.2 Å². The number of nitrogens with one attached hydrogen (secondary N) is 1. The molecule has 0 spiro atoms. The van der Waals surface area contributed by atoms with Crippen molar-refractivity contribution in [3.63, 3.8) is 0 Å². The van der Waals surface area contributed by atoms with E-state index in [1.807, 2.05) is 6.07 Å². The number of carbonyl (C=O) groups excluding carboxylic acids is 1. The van der Waals surface area contributed by atoms with E-state index in [2.05, 4.69) is 15.5 Å². The number of rotatable bonds is 4. The molecule has 7 heteroatoms. The predicted molar refractivity (Wildman–Crippen MR) is 85.4 cm³/mol. The first-order chi connectivity index (χ1) is 11.7. The zero-order chi connectivity index (χ0) is 16.9. The lowest BCUT2D eigenvalue weighted by atomic mass is 10.2. The second-order valence-corrected chi connectivity index (χ2v) is 4.79. The molecule has 3 aromatic rings. The van der Waals surface area contributed by atoms with Gasteiger partial charge < -0.3 is 14.5 Å². The van der Waals surface area contributed by atoms with Crippen LogP contribution in [0.15, 0.2) is 52.9 Å². The Morgan fingerprint density at radius 2 is 2.04 bits per heavy atom. The summed E-state index contributed by atoms with van der Waals surface area (Å²) < 4.78 is 10.5. The van der Waals surface area contributed by atoms with Crippen molar-refractivity contribution in [2.24, 2.45) is 0 Å². The van der Waals surface area contributed by atoms with Crippen LogP contribution in [0.3, 0.4) is 0 Å². The summed E-state index contributed by atoms with van der Waals surface area (Å²) in [6.07, 6.45) is 0. The topological polar surface area (TPSA) is 101 Å². The third-order valence-electron chi connectivity index (χ3n) is 3.19. The number of methoxy groups -OCH3 is 1. The van der Waals surface area contributed by atoms with Crippen molar-refractivity contribution in [3.8, 4) is 23.3 Å². The molecular weight excluding hydrogens is 308 g/mol. The van der Waals surface area contributed by atoms with Crippen molar-refractivity contribution in [3.05, 3.63) is 60.0 Å². The van der Waals surface area contributed by atoms with Crippen LogP contribution in [0, 0.1) is 11.3 Å². The number of anilines is 1. The van der Waals surface area contributed by atoms with Gasteiger partial charge in [0.05, 0.1) is 18.7 Å². The number of hydrogen-bond acceptors (Lipinski definition) is 6. The van der Waals surface area contributed by atoms with E-state index >= 15 is 0 Å². The highest BCUT2D eigenvalue weighted by molar-refractivity contribution is 6.01. The zero-order valence-electron chi connectivity index (χ0n) is 12.7. The number of benzene rings is 2. The van der Waals surface area contributed by atoms with Gasteiger partial charge in [-0.3, -0.25) is 4.79 Å². The van der Waals surface area contributed by atoms with Gasteiger partial charge in [-0.25, -0.2) is 0 Å². The molecule has 0 bridgehead atoms. The van der Waals surface area contributed by atoms with Gasteiger partial charge in [-0.15, -0.1) is 10.2 Å². The van der Waals surface area contributed by atoms with Gasteiger partial charge in [-0.05, 0) is 36.4 Å². The molecule has 7 nitrogen and oxygen atoms in total. The Morgan fingerprint density at radius 1 is 1.21 bits per heavy atom. The summed E-state index contributed by atoms with van der Waals surface area (Å²) in [5.74, 6) is 0.136. The van der Waals surface area contributed by atoms with E-state index in [-0.39, 0.29) is 11.8 Å². The minimum absolute atomic E-state index is 0.171. The van der Waals surface area contributed by atoms with E-state index in [0.717, 1.165) is 0 Å². The SMILES string of the molecule is COc1cccc(-c2nnc(C(=O)Nc3cccc(C#N)c3)o2)c1. The number of hydrogen-bond donors (Lipinski definition) is 1. The molecular formula is C17H12N4O3. The molecule has 0 atom stereocenters. The molecule has 24 heavy (non-hydrogen) atoms. The van der Waals surface area contributed by atoms with Crippen molar-refractivity contribution in [1.29, 1.82) is 5.26 Å². The first-order valence-corrected chi connectivity index (χ1v) is 6.99. The average Bonchev–Trinajstić information content (AvgIpc) is 3.12. The summed E-state index contributed by atoms with van der Waals surface area (Å²) in [5, 5.41) is 19.1. The minimum Gasteiger partial charge on any atom is -0.497 e. The Balaban J connectivity index is 1.79. The van der Waals surface area contributed by atoms with E-state index in [4.69, 9.17) is 14.4 Å². The molecule has 0 radical (unpaired) electrons. The Hall–Kier alpha value is -3.66. The molecule has 0 saturated carbocycles. The predicted octanol–water partition coefficient (Wildman–Crippen LogP) is 2.87. The quantitative estimate of drug-likeness (QED) is 0.793. The summed E-state index contributed by atoms with van der Waals surface area (Å²) in [4.78, 5) is 12.2. The molecule has 3 rings (SSSR count). The maximum atomic E-state index is 12.2. The summed E-state index contributed by atoms with van der Waals surface area (Å²) in [6.45, 7) is 0. The normalized spacial score (nSPS) is 10.0. The van der Waals surface area contributed by atoms with Crippen LogP contribution in [0.5, 0.6) is 5.75 Å². The second kappa shape index (κ2) is 6.62. The fraction of sp³-hybridized carbons (Fsp3) is 0.0588. The molecule has 118 valence electrons. The number of carbonyl (C=O) groups is 1. The van der Waals surface area contributed by atoms with Crippen LogP contribution >= 0.6 is 0 Å². The molecule has 2 aromatic carbocycles. The van der Waals surface area contributed by atoms with Crippen LogP contribution < -0.4 is 10.1 Å². The van der Waals surface area contributed by atoms with Crippen molar-refractivity contribution >= 4 is 11.6 Å². The molecule has 1 heterocycles. The molecule has 1 amide bonds. The Kier molecular flexibility index (Phi) is 4.21. The van der Waals surface area contributed by atoms with Gasteiger partial charge in [0.2, 0.25) is 5.89 Å². The summed E-state index contributed by atoms with van der Waals surface area (Å²) in [5.41, 5.74) is 1.56. The minimum atomic E-state index is -0.549. The third kappa shape index (κ3) is 3.23. The smallest absolute Gasteiger partial charge is 0.313 e. The molecule has 0 aliphatic carbocycles. The summed E-state index contributed by atoms with van der Waals surface area (Å²) >= 11 is 0. The first kappa shape index (κ1) is 15.2. The molecule has 1 N–H and O–H groups in total. The van der Waals surface area contributed by atoms with E-state index < -0.39 is 5.91 Å². The van der Waals surface area contributed by atoms with Gasteiger partial charge in [0.15, 0.2) is 0 Å². The van der Waals surface area contributed by atoms with Gasteiger partial charge in [0, 0.05) is 11.3 Å². The largest absolute Gasteiger partial charge is 0.497 e. The van der Waals surface area contributed by atoms with E-state index in [1.165, 1.54) is 0 Å². The number of nitriles is 1. The molecule has 0 aliphatic rings. The summed E-state index contributed by atoms with van der Waals surface area (Å²) in [7, 11) is 1.56. The monoisotopic (exact) mass is 320 g/mol. The maximum absolute atomic E-state index is 12.2. The first-order valence-electron chi connectivity index (χ1n) is 6.99. The van der Waals surface area contributed by atoms with Crippen LogP contribution in [-0.2, 0) is 0 Å². The fourth-order valence-electron chi connectivity index (χ4n) is 2.04. The molecule has 0 unspecified atom stereocenters. The zero-order valence-corrected chi connectivity index (χ0v) is 12.7. The number of nitrogens with zero attached hydrogens (tertiary/aromatic N) is 3. The van der Waals surface area contributed by atoms with Gasteiger partial charge in [0.1, 0.15) is 5.75 Å². The third-order valence-corrected chi connectivity index (χ3v) is 3.19. The van der Waals surface area contributed by atoms with E-state index in [0.29, 0.717) is 22.6 Å². The lowest BCUT2D eigenvalue weighted by Crippen LogP contribution is -2.12. The second-order valence-electron chi connectivity index (χ2n) is 4.79. The lowest BCUT2D eigenvalue weighted by Gasteiger charge is -2.02. The average molecular weight is 320 g/mol. The van der Waals surface area contributed by atoms with Crippen LogP contribution in [-0.4, -0.2) is 23.2 Å². The number of aromatic nitrogens is 2. The van der Waals surface area contributed by atoms with E-state index in [1.54, 1.807) is 55.6 Å². The molecule has 0 aliphatic heterocycles. The Bertz CT molecular complexity index is 927. The van der Waals surface area contributed by atoms with Crippen molar-refractivity contribution in [2.75, 3.05) is 12.4 Å². The van der Waals surface area contributed by atoms with Gasteiger partial charge in [0.25, 0.3) is 0 Å². The maximum Gasteiger partial charge on any atom is 0.313 e. The van der Waals surface area contributed by atoms with Crippen LogP contribution in [0.25, 0.3) is 11.5 Å². The van der Waals surface area contributed by atoms with Crippen molar-refractivity contribution < 1.29 is 13.9 Å². The molecule has 0 fully saturated rings. The van der Waals surface area contributed by atoms with Gasteiger partial charge in [-0.1, -0.05) is 12.1 Å². The Labute approximate surface area is 137 Å². The van der Waals surface area contributed by atoms with Crippen molar-refractivity contribution in [2.45, 2.75) is 0 Å². The van der Waals surface area contributed by atoms with Crippen molar-refractivity contribution in [1.82, 2.24) is 10.2 Å².